The maximum absolute atomic E-state index is 12.6. The Bertz CT molecular complexity index is 904. The van der Waals surface area contributed by atoms with Crippen molar-refractivity contribution in [3.05, 3.63) is 58.4 Å². The van der Waals surface area contributed by atoms with Crippen molar-refractivity contribution >= 4 is 18.0 Å². The van der Waals surface area contributed by atoms with Gasteiger partial charge in [-0.3, -0.25) is 14.3 Å². The molecule has 0 radical (unpaired) electrons. The van der Waals surface area contributed by atoms with Crippen molar-refractivity contribution in [3.8, 4) is 0 Å². The molecule has 0 N–H and O–H groups in total. The van der Waals surface area contributed by atoms with Crippen LogP contribution in [0, 0.1) is 26.7 Å². The number of methoxy groups -OCH3 is 1. The third kappa shape index (κ3) is 4.94. The average molecular weight is 396 g/mol. The van der Waals surface area contributed by atoms with Crippen LogP contribution in [0.4, 0.5) is 0 Å². The number of rotatable bonds is 5. The molecule has 0 spiro atoms. The molecule has 2 heterocycles. The fourth-order valence-corrected chi connectivity index (χ4v) is 3.73. The number of hydrogen-bond acceptors (Lipinski definition) is 4. The van der Waals surface area contributed by atoms with Gasteiger partial charge in [-0.15, -0.1) is 0 Å². The summed E-state index contributed by atoms with van der Waals surface area (Å²) >= 11 is 0. The Labute approximate surface area is 172 Å². The average Bonchev–Trinajstić information content (AvgIpc) is 3.00. The molecule has 154 valence electrons. The summed E-state index contributed by atoms with van der Waals surface area (Å²) in [6, 6.07) is 8.43. The second-order valence-corrected chi connectivity index (χ2v) is 7.68. The number of piperidine rings is 1. The molecule has 1 aliphatic heterocycles. The van der Waals surface area contributed by atoms with Crippen molar-refractivity contribution in [2.24, 2.45) is 5.92 Å². The quantitative estimate of drug-likeness (QED) is 0.576. The monoisotopic (exact) mass is 395 g/mol. The van der Waals surface area contributed by atoms with Gasteiger partial charge in [-0.25, -0.2) is 0 Å². The summed E-state index contributed by atoms with van der Waals surface area (Å²) in [6.07, 6.45) is 4.78. The molecule has 1 fully saturated rings. The Hall–Kier alpha value is -2.89. The summed E-state index contributed by atoms with van der Waals surface area (Å²) in [5, 5.41) is 4.65. The normalized spacial score (nSPS) is 15.1. The highest BCUT2D eigenvalue weighted by Gasteiger charge is 2.27. The van der Waals surface area contributed by atoms with Gasteiger partial charge in [0.1, 0.15) is 0 Å². The largest absolute Gasteiger partial charge is 0.469 e. The Morgan fingerprint density at radius 2 is 1.79 bits per heavy atom. The van der Waals surface area contributed by atoms with Crippen LogP contribution in [0.1, 0.15) is 40.9 Å². The van der Waals surface area contributed by atoms with Crippen LogP contribution in [-0.4, -0.2) is 46.8 Å². The van der Waals surface area contributed by atoms with Crippen LogP contribution in [0.2, 0.25) is 0 Å². The van der Waals surface area contributed by atoms with Gasteiger partial charge in [-0.2, -0.15) is 5.10 Å². The van der Waals surface area contributed by atoms with Gasteiger partial charge in [0.05, 0.1) is 25.3 Å². The van der Waals surface area contributed by atoms with E-state index in [-0.39, 0.29) is 17.8 Å². The lowest BCUT2D eigenvalue weighted by Gasteiger charge is -2.29. The molecule has 29 heavy (non-hydrogen) atoms. The number of carbonyl (C=O) groups excluding carboxylic acids is 2. The molecule has 6 nitrogen and oxygen atoms in total. The number of carbonyl (C=O) groups is 2. The Balaban J connectivity index is 1.64. The number of esters is 1. The lowest BCUT2D eigenvalue weighted by Crippen LogP contribution is -2.39. The van der Waals surface area contributed by atoms with Crippen molar-refractivity contribution in [1.82, 2.24) is 14.7 Å². The predicted octanol–water partition coefficient (Wildman–Crippen LogP) is 3.28. The molecule has 3 rings (SSSR count). The minimum absolute atomic E-state index is 0.0293. The van der Waals surface area contributed by atoms with Crippen LogP contribution in [0.15, 0.2) is 30.3 Å². The first kappa shape index (κ1) is 20.8. The number of aromatic nitrogens is 2. The summed E-state index contributed by atoms with van der Waals surface area (Å²) in [5.41, 5.74) is 5.36. The van der Waals surface area contributed by atoms with Gasteiger partial charge in [0, 0.05) is 30.4 Å². The van der Waals surface area contributed by atoms with E-state index in [0.29, 0.717) is 32.5 Å². The molecule has 1 aromatic carbocycles. The van der Waals surface area contributed by atoms with Gasteiger partial charge < -0.3 is 9.64 Å². The predicted molar refractivity (Wildman–Crippen MR) is 112 cm³/mol. The van der Waals surface area contributed by atoms with E-state index in [1.165, 1.54) is 18.2 Å². The van der Waals surface area contributed by atoms with Crippen molar-refractivity contribution in [2.75, 3.05) is 20.2 Å². The smallest absolute Gasteiger partial charge is 0.308 e. The molecule has 6 heteroatoms. The number of aryl methyl sites for hydroxylation is 2. The number of ether oxygens (including phenoxy) is 1. The molecule has 0 atom stereocenters. The van der Waals surface area contributed by atoms with E-state index in [9.17, 15) is 9.59 Å². The summed E-state index contributed by atoms with van der Waals surface area (Å²) in [4.78, 5) is 26.0. The van der Waals surface area contributed by atoms with Crippen LogP contribution in [0.5, 0.6) is 0 Å². The van der Waals surface area contributed by atoms with Gasteiger partial charge >= 0.3 is 5.97 Å². The van der Waals surface area contributed by atoms with Crippen LogP contribution in [-0.2, 0) is 20.9 Å². The van der Waals surface area contributed by atoms with Crippen molar-refractivity contribution in [2.45, 2.75) is 40.2 Å². The Morgan fingerprint density at radius 1 is 1.14 bits per heavy atom. The summed E-state index contributed by atoms with van der Waals surface area (Å²) in [7, 11) is 1.41. The molecule has 2 aromatic rings. The third-order valence-electron chi connectivity index (χ3n) is 5.62. The highest BCUT2D eigenvalue weighted by atomic mass is 16.5. The molecule has 1 aliphatic rings. The number of amides is 1. The fraction of sp³-hybridized carbons (Fsp3) is 0.435. The molecule has 1 aromatic heterocycles. The number of likely N-dealkylation sites (tertiary alicyclic amines) is 1. The number of benzene rings is 1. The minimum atomic E-state index is -0.181. The SMILES string of the molecule is COC(=O)C1CCN(C(=O)/C=C/c2c(C)nn(Cc3ccc(C)cc3)c2C)CC1. The zero-order valence-corrected chi connectivity index (χ0v) is 17.6. The van der Waals surface area contributed by atoms with Crippen molar-refractivity contribution in [3.63, 3.8) is 0 Å². The first-order valence-electron chi connectivity index (χ1n) is 10.0. The van der Waals surface area contributed by atoms with E-state index in [0.717, 1.165) is 17.0 Å². The minimum Gasteiger partial charge on any atom is -0.469 e. The van der Waals surface area contributed by atoms with E-state index in [4.69, 9.17) is 4.74 Å². The van der Waals surface area contributed by atoms with Gasteiger partial charge in [0.25, 0.3) is 0 Å². The summed E-state index contributed by atoms with van der Waals surface area (Å²) < 4.78 is 6.78. The maximum atomic E-state index is 12.6. The van der Waals surface area contributed by atoms with E-state index in [2.05, 4.69) is 36.3 Å². The number of nitrogens with zero attached hydrogens (tertiary/aromatic N) is 3. The molecular weight excluding hydrogens is 366 g/mol. The standard InChI is InChI=1S/C23H29N3O3/c1-16-5-7-19(8-6-16)15-26-18(3)21(17(2)24-26)9-10-22(27)25-13-11-20(12-14-25)23(28)29-4/h5-10,20H,11-15H2,1-4H3/b10-9+. The molecule has 1 amide bonds. The topological polar surface area (TPSA) is 64.4 Å². The maximum Gasteiger partial charge on any atom is 0.308 e. The van der Waals surface area contributed by atoms with Crippen LogP contribution >= 0.6 is 0 Å². The molecular formula is C23H29N3O3. The van der Waals surface area contributed by atoms with Crippen LogP contribution < -0.4 is 0 Å². The van der Waals surface area contributed by atoms with E-state index in [1.54, 1.807) is 11.0 Å². The third-order valence-corrected chi connectivity index (χ3v) is 5.62. The van der Waals surface area contributed by atoms with Crippen molar-refractivity contribution in [1.29, 1.82) is 0 Å². The van der Waals surface area contributed by atoms with Crippen molar-refractivity contribution < 1.29 is 14.3 Å². The van der Waals surface area contributed by atoms with Crippen LogP contribution in [0.25, 0.3) is 6.08 Å². The summed E-state index contributed by atoms with van der Waals surface area (Å²) in [6.45, 7) is 7.92. The van der Waals surface area contributed by atoms with E-state index < -0.39 is 0 Å². The summed E-state index contributed by atoms with van der Waals surface area (Å²) in [5.74, 6) is -0.309. The first-order valence-corrected chi connectivity index (χ1v) is 10.0. The van der Waals surface area contributed by atoms with Gasteiger partial charge in [0.15, 0.2) is 0 Å². The zero-order valence-electron chi connectivity index (χ0n) is 17.6. The van der Waals surface area contributed by atoms with E-state index >= 15 is 0 Å². The lowest BCUT2D eigenvalue weighted by atomic mass is 9.97. The first-order chi connectivity index (χ1) is 13.9. The molecule has 0 bridgehead atoms. The van der Waals surface area contributed by atoms with Crippen LogP contribution in [0.3, 0.4) is 0 Å². The molecule has 0 unspecified atom stereocenters. The Kier molecular flexibility index (Phi) is 6.52. The van der Waals surface area contributed by atoms with Gasteiger partial charge in [0.2, 0.25) is 5.91 Å². The highest BCUT2D eigenvalue weighted by molar-refractivity contribution is 5.92. The zero-order chi connectivity index (χ0) is 21.0. The highest BCUT2D eigenvalue weighted by Crippen LogP contribution is 2.20. The van der Waals surface area contributed by atoms with E-state index in [1.807, 2.05) is 24.6 Å². The lowest BCUT2D eigenvalue weighted by molar-refractivity contribution is -0.148. The Morgan fingerprint density at radius 3 is 2.41 bits per heavy atom. The fourth-order valence-electron chi connectivity index (χ4n) is 3.73. The molecule has 0 saturated carbocycles. The second-order valence-electron chi connectivity index (χ2n) is 7.68. The number of hydrogen-bond donors (Lipinski definition) is 0. The van der Waals surface area contributed by atoms with Gasteiger partial charge in [-0.1, -0.05) is 29.8 Å². The second kappa shape index (κ2) is 9.07. The molecule has 0 aliphatic carbocycles. The molecule has 1 saturated heterocycles. The van der Waals surface area contributed by atoms with Gasteiger partial charge in [-0.05, 0) is 45.3 Å².